The summed E-state index contributed by atoms with van der Waals surface area (Å²) in [5, 5.41) is 17.6. The molecule has 1 fully saturated rings. The summed E-state index contributed by atoms with van der Waals surface area (Å²) in [5.74, 6) is -0.454. The number of imidazole rings is 1. The standard InChI is InChI=1S/C19H21F3N8O2/c20-19(21,22)4-3-17(31)23-6-13-5-16-27-14(11-29(16)25-7-13)8-24-18(32)15-9-26-30(28-15)10-12-1-2-12/h5,7,9,11-12H,1-4,6,8,10H2,(H,23,31)(H,24,32). The van der Waals surface area contributed by atoms with Gasteiger partial charge in [0.25, 0.3) is 5.91 Å². The highest BCUT2D eigenvalue weighted by molar-refractivity contribution is 5.91. The number of hydrogen-bond donors (Lipinski definition) is 2. The van der Waals surface area contributed by atoms with Gasteiger partial charge >= 0.3 is 6.18 Å². The van der Waals surface area contributed by atoms with Crippen molar-refractivity contribution in [2.24, 2.45) is 5.92 Å². The maximum atomic E-state index is 12.3. The van der Waals surface area contributed by atoms with Crippen molar-refractivity contribution in [1.82, 2.24) is 40.2 Å². The highest BCUT2D eigenvalue weighted by atomic mass is 19.4. The number of alkyl halides is 3. The molecule has 0 aliphatic heterocycles. The summed E-state index contributed by atoms with van der Waals surface area (Å²) in [6.45, 7) is 0.910. The summed E-state index contributed by atoms with van der Waals surface area (Å²) in [6.07, 6.45) is 0.729. The van der Waals surface area contributed by atoms with Crippen molar-refractivity contribution in [1.29, 1.82) is 0 Å². The van der Waals surface area contributed by atoms with Crippen LogP contribution >= 0.6 is 0 Å². The molecule has 0 bridgehead atoms. The molecule has 0 aromatic carbocycles. The van der Waals surface area contributed by atoms with E-state index in [4.69, 9.17) is 0 Å². The van der Waals surface area contributed by atoms with E-state index in [1.807, 2.05) is 0 Å². The fourth-order valence-corrected chi connectivity index (χ4v) is 2.97. The van der Waals surface area contributed by atoms with E-state index in [2.05, 4.69) is 30.9 Å². The molecule has 2 N–H and O–H groups in total. The van der Waals surface area contributed by atoms with Gasteiger partial charge in [0.1, 0.15) is 0 Å². The van der Waals surface area contributed by atoms with E-state index in [9.17, 15) is 22.8 Å². The lowest BCUT2D eigenvalue weighted by atomic mass is 10.2. The molecular formula is C19H21F3N8O2. The molecule has 1 aliphatic rings. The second-order valence-corrected chi connectivity index (χ2v) is 7.70. The monoisotopic (exact) mass is 450 g/mol. The number of halogens is 3. The Labute approximate surface area is 180 Å². The summed E-state index contributed by atoms with van der Waals surface area (Å²) in [5.41, 5.74) is 1.86. The summed E-state index contributed by atoms with van der Waals surface area (Å²) in [6, 6.07) is 1.66. The predicted octanol–water partition coefficient (Wildman–Crippen LogP) is 1.62. The topological polar surface area (TPSA) is 119 Å². The molecule has 1 saturated carbocycles. The van der Waals surface area contributed by atoms with Gasteiger partial charge in [0.2, 0.25) is 5.91 Å². The van der Waals surface area contributed by atoms with Crippen molar-refractivity contribution < 1.29 is 22.8 Å². The Morgan fingerprint density at radius 3 is 2.69 bits per heavy atom. The van der Waals surface area contributed by atoms with Crippen LogP contribution in [0.3, 0.4) is 0 Å². The van der Waals surface area contributed by atoms with Gasteiger partial charge in [-0.05, 0) is 30.4 Å². The zero-order chi connectivity index (χ0) is 22.7. The Kier molecular flexibility index (Phi) is 6.06. The van der Waals surface area contributed by atoms with Gasteiger partial charge in [0.15, 0.2) is 11.3 Å². The van der Waals surface area contributed by atoms with Crippen LogP contribution in [0, 0.1) is 5.92 Å². The molecule has 0 radical (unpaired) electrons. The largest absolute Gasteiger partial charge is 0.389 e. The third-order valence-corrected chi connectivity index (χ3v) is 4.87. The van der Waals surface area contributed by atoms with Gasteiger partial charge in [-0.15, -0.1) is 5.10 Å². The number of carbonyl (C=O) groups excluding carboxylic acids is 2. The zero-order valence-electron chi connectivity index (χ0n) is 17.0. The van der Waals surface area contributed by atoms with E-state index in [0.717, 1.165) is 19.4 Å². The van der Waals surface area contributed by atoms with Crippen LogP contribution in [0.2, 0.25) is 0 Å². The van der Waals surface area contributed by atoms with Crippen molar-refractivity contribution in [3.8, 4) is 0 Å². The molecule has 13 heteroatoms. The normalized spacial score (nSPS) is 14.0. The molecule has 2 amide bonds. The Morgan fingerprint density at radius 1 is 1.12 bits per heavy atom. The molecule has 3 aromatic heterocycles. The smallest absolute Gasteiger partial charge is 0.352 e. The van der Waals surface area contributed by atoms with E-state index < -0.39 is 24.9 Å². The van der Waals surface area contributed by atoms with Gasteiger partial charge in [0, 0.05) is 13.0 Å². The summed E-state index contributed by atoms with van der Waals surface area (Å²) in [7, 11) is 0. The van der Waals surface area contributed by atoms with E-state index in [1.165, 1.54) is 21.7 Å². The summed E-state index contributed by atoms with van der Waals surface area (Å²) >= 11 is 0. The van der Waals surface area contributed by atoms with Gasteiger partial charge in [-0.1, -0.05) is 0 Å². The minimum Gasteiger partial charge on any atom is -0.352 e. The third-order valence-electron chi connectivity index (χ3n) is 4.87. The van der Waals surface area contributed by atoms with Crippen molar-refractivity contribution in [2.45, 2.75) is 51.5 Å². The van der Waals surface area contributed by atoms with Crippen LogP contribution in [0.15, 0.2) is 24.7 Å². The summed E-state index contributed by atoms with van der Waals surface area (Å²) < 4.78 is 38.0. The molecule has 32 heavy (non-hydrogen) atoms. The molecule has 0 unspecified atom stereocenters. The molecule has 3 aromatic rings. The maximum absolute atomic E-state index is 12.3. The molecule has 0 saturated heterocycles. The molecule has 4 rings (SSSR count). The Hall–Kier alpha value is -3.51. The fraction of sp³-hybridized carbons (Fsp3) is 0.474. The Balaban J connectivity index is 1.29. The molecule has 10 nitrogen and oxygen atoms in total. The quantitative estimate of drug-likeness (QED) is 0.511. The van der Waals surface area contributed by atoms with Crippen molar-refractivity contribution in [3.63, 3.8) is 0 Å². The lowest BCUT2D eigenvalue weighted by Gasteiger charge is -2.07. The Bertz CT molecular complexity index is 1120. The second-order valence-electron chi connectivity index (χ2n) is 7.70. The molecule has 0 atom stereocenters. The number of carbonyl (C=O) groups is 2. The summed E-state index contributed by atoms with van der Waals surface area (Å²) in [4.78, 5) is 29.7. The minimum atomic E-state index is -4.37. The van der Waals surface area contributed by atoms with E-state index in [-0.39, 0.29) is 24.7 Å². The van der Waals surface area contributed by atoms with E-state index >= 15 is 0 Å². The first-order chi connectivity index (χ1) is 15.2. The van der Waals surface area contributed by atoms with E-state index in [0.29, 0.717) is 22.8 Å². The first-order valence-corrected chi connectivity index (χ1v) is 10.1. The van der Waals surface area contributed by atoms with Crippen molar-refractivity contribution >= 4 is 17.5 Å². The number of hydrogen-bond acceptors (Lipinski definition) is 6. The number of nitrogens with one attached hydrogen (secondary N) is 2. The fourth-order valence-electron chi connectivity index (χ4n) is 2.97. The highest BCUT2D eigenvalue weighted by Crippen LogP contribution is 2.29. The number of rotatable bonds is 9. The lowest BCUT2D eigenvalue weighted by molar-refractivity contribution is -0.144. The average molecular weight is 450 g/mol. The maximum Gasteiger partial charge on any atom is 0.389 e. The van der Waals surface area contributed by atoms with Gasteiger partial charge in [-0.3, -0.25) is 9.59 Å². The average Bonchev–Trinajstić information content (AvgIpc) is 3.27. The van der Waals surface area contributed by atoms with Crippen LogP contribution in [0.25, 0.3) is 5.65 Å². The van der Waals surface area contributed by atoms with Gasteiger partial charge in [0.05, 0.1) is 43.8 Å². The van der Waals surface area contributed by atoms with Crippen LogP contribution in [-0.4, -0.2) is 47.6 Å². The van der Waals surface area contributed by atoms with Gasteiger partial charge < -0.3 is 10.6 Å². The van der Waals surface area contributed by atoms with Crippen LogP contribution in [-0.2, 0) is 24.4 Å². The van der Waals surface area contributed by atoms with Crippen LogP contribution < -0.4 is 10.6 Å². The first-order valence-electron chi connectivity index (χ1n) is 10.1. The number of nitrogens with zero attached hydrogens (tertiary/aromatic N) is 6. The lowest BCUT2D eigenvalue weighted by Crippen LogP contribution is -2.24. The highest BCUT2D eigenvalue weighted by Gasteiger charge is 2.27. The molecule has 0 spiro atoms. The molecule has 1 aliphatic carbocycles. The SMILES string of the molecule is O=C(CCC(F)(F)F)NCc1cnn2cc(CNC(=O)c3cnn(CC4CC4)n3)nc2c1. The van der Waals surface area contributed by atoms with Gasteiger partial charge in [-0.2, -0.15) is 28.2 Å². The predicted molar refractivity (Wildman–Crippen MR) is 104 cm³/mol. The van der Waals surface area contributed by atoms with Crippen LogP contribution in [0.4, 0.5) is 13.2 Å². The van der Waals surface area contributed by atoms with E-state index in [1.54, 1.807) is 12.3 Å². The van der Waals surface area contributed by atoms with Crippen molar-refractivity contribution in [3.05, 3.63) is 41.6 Å². The molecular weight excluding hydrogens is 429 g/mol. The van der Waals surface area contributed by atoms with Crippen LogP contribution in [0.1, 0.15) is 47.4 Å². The minimum absolute atomic E-state index is 0.0373. The number of aromatic nitrogens is 6. The van der Waals surface area contributed by atoms with Gasteiger partial charge in [-0.25, -0.2) is 9.50 Å². The number of fused-ring (bicyclic) bond motifs is 1. The van der Waals surface area contributed by atoms with Crippen LogP contribution in [0.5, 0.6) is 0 Å². The number of amides is 2. The third kappa shape index (κ3) is 6.02. The molecule has 3 heterocycles. The second kappa shape index (κ2) is 8.93. The Morgan fingerprint density at radius 2 is 1.94 bits per heavy atom. The van der Waals surface area contributed by atoms with Crippen molar-refractivity contribution in [2.75, 3.05) is 0 Å². The first kappa shape index (κ1) is 21.7. The zero-order valence-corrected chi connectivity index (χ0v) is 17.0. The molecule has 170 valence electrons.